The first kappa shape index (κ1) is 12.5. The Kier molecular flexibility index (Phi) is 2.71. The predicted octanol–water partition coefficient (Wildman–Crippen LogP) is 3.38. The number of aromatic hydroxyl groups is 1. The average molecular weight is 269 g/mol. The number of fused-ring (bicyclic) bond motifs is 1. The number of benzene rings is 1. The van der Waals surface area contributed by atoms with Gasteiger partial charge in [0.1, 0.15) is 5.75 Å². The fraction of sp³-hybridized carbons (Fsp3) is 0.556. The minimum Gasteiger partial charge on any atom is -0.508 e. The lowest BCUT2D eigenvalue weighted by Crippen LogP contribution is -2.59. The Hall–Kier alpha value is -1.28. The second-order valence-electron chi connectivity index (χ2n) is 6.79. The number of phenolic OH excluding ortho intramolecular Hbond substituents is 1. The van der Waals surface area contributed by atoms with E-state index in [9.17, 15) is 5.11 Å². The number of hydrogen-bond acceptors (Lipinski definition) is 2. The normalized spacial score (nSPS) is 35.0. The molecule has 2 bridgehead atoms. The molecule has 0 amide bonds. The molecule has 2 aliphatic carbocycles. The Balaban J connectivity index is 1.96. The van der Waals surface area contributed by atoms with Crippen molar-refractivity contribution in [1.82, 2.24) is 5.32 Å². The number of phenols is 1. The van der Waals surface area contributed by atoms with Gasteiger partial charge in [0.15, 0.2) is 0 Å². The van der Waals surface area contributed by atoms with Gasteiger partial charge in [-0.3, -0.25) is 0 Å². The molecule has 4 rings (SSSR count). The molecular formula is C18H23NO. The predicted molar refractivity (Wildman–Crippen MR) is 81.9 cm³/mol. The van der Waals surface area contributed by atoms with Gasteiger partial charge in [-0.2, -0.15) is 0 Å². The molecule has 0 radical (unpaired) electrons. The summed E-state index contributed by atoms with van der Waals surface area (Å²) in [6, 6.07) is 4.56. The quantitative estimate of drug-likeness (QED) is 0.819. The molecule has 1 aromatic carbocycles. The van der Waals surface area contributed by atoms with Crippen molar-refractivity contribution >= 4 is 6.08 Å². The van der Waals surface area contributed by atoms with Crippen LogP contribution in [0.4, 0.5) is 0 Å². The molecule has 1 saturated carbocycles. The molecule has 2 nitrogen and oxygen atoms in total. The van der Waals surface area contributed by atoms with Crippen LogP contribution in [0.25, 0.3) is 6.08 Å². The minimum atomic E-state index is 0.318. The monoisotopic (exact) mass is 269 g/mol. The van der Waals surface area contributed by atoms with Crippen LogP contribution in [-0.4, -0.2) is 17.7 Å². The molecule has 106 valence electrons. The molecule has 2 N–H and O–H groups in total. The lowest BCUT2D eigenvalue weighted by atomic mass is 9.52. The van der Waals surface area contributed by atoms with E-state index in [2.05, 4.69) is 18.0 Å². The van der Waals surface area contributed by atoms with Gasteiger partial charge in [-0.15, -0.1) is 0 Å². The molecule has 1 aromatic rings. The van der Waals surface area contributed by atoms with Crippen LogP contribution in [0.3, 0.4) is 0 Å². The lowest BCUT2D eigenvalue weighted by Gasteiger charge is -2.56. The van der Waals surface area contributed by atoms with Crippen molar-refractivity contribution in [3.05, 3.63) is 35.4 Å². The van der Waals surface area contributed by atoms with E-state index < -0.39 is 0 Å². The molecule has 0 unspecified atom stereocenters. The van der Waals surface area contributed by atoms with E-state index in [1.807, 2.05) is 12.1 Å². The first-order valence-electron chi connectivity index (χ1n) is 7.97. The van der Waals surface area contributed by atoms with Gasteiger partial charge >= 0.3 is 0 Å². The van der Waals surface area contributed by atoms with Crippen LogP contribution in [0.2, 0.25) is 0 Å². The second kappa shape index (κ2) is 4.36. The fourth-order valence-corrected chi connectivity index (χ4v) is 5.22. The van der Waals surface area contributed by atoms with Crippen LogP contribution in [-0.2, 0) is 11.8 Å². The van der Waals surface area contributed by atoms with Gasteiger partial charge in [-0.1, -0.05) is 25.5 Å². The highest BCUT2D eigenvalue weighted by molar-refractivity contribution is 5.60. The highest BCUT2D eigenvalue weighted by Gasteiger charge is 2.51. The summed E-state index contributed by atoms with van der Waals surface area (Å²) < 4.78 is 0. The number of rotatable bonds is 1. The third kappa shape index (κ3) is 1.54. The Morgan fingerprint density at radius 2 is 2.20 bits per heavy atom. The van der Waals surface area contributed by atoms with Gasteiger partial charge in [0, 0.05) is 11.5 Å². The lowest BCUT2D eigenvalue weighted by molar-refractivity contribution is 0.0795. The molecule has 1 aliphatic heterocycles. The summed E-state index contributed by atoms with van der Waals surface area (Å²) in [5.41, 5.74) is 4.33. The summed E-state index contributed by atoms with van der Waals surface area (Å²) >= 11 is 0. The average Bonchev–Trinajstić information content (AvgIpc) is 2.47. The highest BCUT2D eigenvalue weighted by atomic mass is 16.3. The third-order valence-corrected chi connectivity index (χ3v) is 6.01. The van der Waals surface area contributed by atoms with Gasteiger partial charge in [-0.05, 0) is 67.0 Å². The van der Waals surface area contributed by atoms with E-state index >= 15 is 0 Å². The fourth-order valence-electron chi connectivity index (χ4n) is 5.22. The smallest absolute Gasteiger partial charge is 0.116 e. The molecule has 2 heteroatoms. The van der Waals surface area contributed by atoms with Crippen molar-refractivity contribution in [2.75, 3.05) is 6.54 Å². The Bertz CT molecular complexity index is 561. The maximum absolute atomic E-state index is 10.1. The molecule has 3 aliphatic rings. The van der Waals surface area contributed by atoms with Crippen LogP contribution in [0, 0.1) is 5.92 Å². The standard InChI is InChI=1S/C18H23NO/c1-2-12-9-13(20)10-16-14(12)11-17-15-5-3-4-6-18(15,16)7-8-19-17/h2,9-10,15,17,19-20H,1,3-8,11H2/t15-,17+,18+/m0/s1. The van der Waals surface area contributed by atoms with Crippen LogP contribution in [0.1, 0.15) is 48.8 Å². The van der Waals surface area contributed by atoms with E-state index in [-0.39, 0.29) is 0 Å². The molecule has 20 heavy (non-hydrogen) atoms. The van der Waals surface area contributed by atoms with E-state index in [1.165, 1.54) is 43.2 Å². The van der Waals surface area contributed by atoms with E-state index in [0.717, 1.165) is 24.4 Å². The summed E-state index contributed by atoms with van der Waals surface area (Å²) in [5, 5.41) is 13.9. The van der Waals surface area contributed by atoms with Crippen LogP contribution >= 0.6 is 0 Å². The van der Waals surface area contributed by atoms with Crippen LogP contribution in [0.5, 0.6) is 5.75 Å². The molecule has 0 spiro atoms. The van der Waals surface area contributed by atoms with Crippen molar-refractivity contribution in [2.45, 2.75) is 50.0 Å². The Labute approximate surface area is 120 Å². The maximum atomic E-state index is 10.1. The van der Waals surface area contributed by atoms with Gasteiger partial charge in [-0.25, -0.2) is 0 Å². The Morgan fingerprint density at radius 3 is 3.05 bits per heavy atom. The van der Waals surface area contributed by atoms with E-state index in [4.69, 9.17) is 0 Å². The zero-order valence-electron chi connectivity index (χ0n) is 12.0. The summed E-state index contributed by atoms with van der Waals surface area (Å²) in [6.45, 7) is 5.07. The van der Waals surface area contributed by atoms with E-state index in [0.29, 0.717) is 17.2 Å². The van der Waals surface area contributed by atoms with Crippen LogP contribution < -0.4 is 5.32 Å². The number of piperidine rings is 1. The zero-order valence-corrected chi connectivity index (χ0v) is 12.0. The minimum absolute atomic E-state index is 0.318. The zero-order chi connectivity index (χ0) is 13.7. The van der Waals surface area contributed by atoms with Crippen molar-refractivity contribution in [3.8, 4) is 5.75 Å². The summed E-state index contributed by atoms with van der Waals surface area (Å²) in [5.74, 6) is 1.17. The van der Waals surface area contributed by atoms with Crippen molar-refractivity contribution in [3.63, 3.8) is 0 Å². The van der Waals surface area contributed by atoms with Gasteiger partial charge < -0.3 is 10.4 Å². The first-order chi connectivity index (χ1) is 9.74. The Morgan fingerprint density at radius 1 is 1.30 bits per heavy atom. The topological polar surface area (TPSA) is 32.3 Å². The summed E-state index contributed by atoms with van der Waals surface area (Å²) in [4.78, 5) is 0. The highest BCUT2D eigenvalue weighted by Crippen LogP contribution is 2.54. The molecule has 0 aromatic heterocycles. The molecule has 1 saturated heterocycles. The third-order valence-electron chi connectivity index (χ3n) is 6.01. The molecular weight excluding hydrogens is 246 g/mol. The number of hydrogen-bond donors (Lipinski definition) is 2. The van der Waals surface area contributed by atoms with Gasteiger partial charge in [0.2, 0.25) is 0 Å². The SMILES string of the molecule is C=Cc1cc(O)cc2c1C[C@H]1NCC[C@@]23CCCC[C@@H]13. The van der Waals surface area contributed by atoms with Gasteiger partial charge in [0.05, 0.1) is 0 Å². The number of nitrogens with one attached hydrogen (secondary N) is 1. The van der Waals surface area contributed by atoms with E-state index in [1.54, 1.807) is 0 Å². The summed E-state index contributed by atoms with van der Waals surface area (Å²) in [7, 11) is 0. The van der Waals surface area contributed by atoms with Gasteiger partial charge in [0.25, 0.3) is 0 Å². The van der Waals surface area contributed by atoms with Crippen molar-refractivity contribution in [1.29, 1.82) is 0 Å². The molecule has 1 heterocycles. The summed E-state index contributed by atoms with van der Waals surface area (Å²) in [6.07, 6.45) is 9.58. The molecule has 2 fully saturated rings. The van der Waals surface area contributed by atoms with Crippen molar-refractivity contribution in [2.24, 2.45) is 5.92 Å². The molecule has 3 atom stereocenters. The maximum Gasteiger partial charge on any atom is 0.116 e. The van der Waals surface area contributed by atoms with Crippen molar-refractivity contribution < 1.29 is 5.11 Å². The largest absolute Gasteiger partial charge is 0.508 e. The van der Waals surface area contributed by atoms with Crippen LogP contribution in [0.15, 0.2) is 18.7 Å². The first-order valence-corrected chi connectivity index (χ1v) is 7.97. The second-order valence-corrected chi connectivity index (χ2v) is 6.79.